The van der Waals surface area contributed by atoms with Crippen LogP contribution in [-0.4, -0.2) is 20.5 Å². The molecule has 1 amide bonds. The fourth-order valence-electron chi connectivity index (χ4n) is 1.84. The molecular formula is C15H12F4N2O3S. The molecule has 2 aromatic carbocycles. The van der Waals surface area contributed by atoms with Crippen LogP contribution in [0.25, 0.3) is 0 Å². The highest BCUT2D eigenvalue weighted by atomic mass is 32.2. The van der Waals surface area contributed by atoms with Crippen LogP contribution in [0.5, 0.6) is 0 Å². The van der Waals surface area contributed by atoms with Gasteiger partial charge in [-0.25, -0.2) is 12.8 Å². The van der Waals surface area contributed by atoms with Gasteiger partial charge in [-0.05, 0) is 48.9 Å². The molecule has 0 atom stereocenters. The van der Waals surface area contributed by atoms with E-state index in [0.29, 0.717) is 5.56 Å². The molecule has 5 nitrogen and oxygen atoms in total. The number of nitrogens with one attached hydrogen (secondary N) is 2. The van der Waals surface area contributed by atoms with Gasteiger partial charge in [0, 0.05) is 5.69 Å². The first-order valence-corrected chi connectivity index (χ1v) is 8.24. The molecule has 0 radical (unpaired) electrons. The number of halogens is 4. The second kappa shape index (κ2) is 6.71. The highest BCUT2D eigenvalue weighted by Gasteiger charge is 2.38. The van der Waals surface area contributed by atoms with Gasteiger partial charge >= 0.3 is 12.1 Å². The molecule has 0 heterocycles. The molecule has 0 aliphatic rings. The first kappa shape index (κ1) is 18.7. The van der Waals surface area contributed by atoms with Crippen LogP contribution < -0.4 is 10.0 Å². The molecule has 0 saturated carbocycles. The number of hydrogen-bond acceptors (Lipinski definition) is 3. The van der Waals surface area contributed by atoms with Crippen molar-refractivity contribution in [1.82, 2.24) is 0 Å². The molecule has 0 saturated heterocycles. The lowest BCUT2D eigenvalue weighted by Gasteiger charge is -2.11. The van der Waals surface area contributed by atoms with Crippen molar-refractivity contribution < 1.29 is 30.8 Å². The summed E-state index contributed by atoms with van der Waals surface area (Å²) in [5, 5.41) is 1.59. The topological polar surface area (TPSA) is 75.3 Å². The van der Waals surface area contributed by atoms with E-state index in [0.717, 1.165) is 30.3 Å². The SMILES string of the molecule is Cc1ccc(F)c(NS(=O)(=O)c2ccc(NC(=O)C(F)(F)F)cc2)c1. The Kier molecular flexibility index (Phi) is 5.02. The van der Waals surface area contributed by atoms with Gasteiger partial charge < -0.3 is 5.32 Å². The minimum Gasteiger partial charge on any atom is -0.318 e. The zero-order chi connectivity index (χ0) is 18.8. The van der Waals surface area contributed by atoms with Crippen LogP contribution in [0.1, 0.15) is 5.56 Å². The summed E-state index contributed by atoms with van der Waals surface area (Å²) in [6.07, 6.45) is -5.06. The van der Waals surface area contributed by atoms with E-state index in [4.69, 9.17) is 0 Å². The van der Waals surface area contributed by atoms with Gasteiger partial charge in [0.15, 0.2) is 0 Å². The maximum absolute atomic E-state index is 13.7. The summed E-state index contributed by atoms with van der Waals surface area (Å²) in [4.78, 5) is 10.5. The summed E-state index contributed by atoms with van der Waals surface area (Å²) in [6, 6.07) is 7.82. The first-order valence-electron chi connectivity index (χ1n) is 6.76. The van der Waals surface area contributed by atoms with E-state index in [1.807, 2.05) is 0 Å². The largest absolute Gasteiger partial charge is 0.471 e. The molecule has 134 valence electrons. The van der Waals surface area contributed by atoms with Crippen molar-refractivity contribution >= 4 is 27.3 Å². The molecule has 0 fully saturated rings. The summed E-state index contributed by atoms with van der Waals surface area (Å²) in [5.41, 5.74) is 0.141. The van der Waals surface area contributed by atoms with Crippen LogP contribution >= 0.6 is 0 Å². The highest BCUT2D eigenvalue weighted by Crippen LogP contribution is 2.23. The summed E-state index contributed by atoms with van der Waals surface area (Å²) < 4.78 is 76.6. The van der Waals surface area contributed by atoms with E-state index in [1.165, 1.54) is 12.1 Å². The standard InChI is InChI=1S/C15H12F4N2O3S/c1-9-2-7-12(16)13(8-9)21-25(23,24)11-5-3-10(4-6-11)20-14(22)15(17,18)19/h2-8,21H,1H3,(H,20,22). The Morgan fingerprint density at radius 1 is 1.04 bits per heavy atom. The van der Waals surface area contributed by atoms with Crippen molar-refractivity contribution in [1.29, 1.82) is 0 Å². The molecule has 2 N–H and O–H groups in total. The number of amides is 1. The number of sulfonamides is 1. The summed E-state index contributed by atoms with van der Waals surface area (Å²) >= 11 is 0. The van der Waals surface area contributed by atoms with E-state index in [1.54, 1.807) is 12.2 Å². The smallest absolute Gasteiger partial charge is 0.318 e. The molecule has 0 aliphatic carbocycles. The Labute approximate surface area is 140 Å². The van der Waals surface area contributed by atoms with Crippen LogP contribution in [-0.2, 0) is 14.8 Å². The minimum atomic E-state index is -5.06. The average molecular weight is 376 g/mol. The number of carbonyl (C=O) groups is 1. The summed E-state index contributed by atoms with van der Waals surface area (Å²) in [7, 11) is -4.15. The third-order valence-electron chi connectivity index (χ3n) is 3.05. The van der Waals surface area contributed by atoms with Gasteiger partial charge in [-0.15, -0.1) is 0 Å². The fourth-order valence-corrected chi connectivity index (χ4v) is 2.90. The Morgan fingerprint density at radius 3 is 2.20 bits per heavy atom. The quantitative estimate of drug-likeness (QED) is 0.803. The molecular weight excluding hydrogens is 364 g/mol. The van der Waals surface area contributed by atoms with Crippen LogP contribution in [0.2, 0.25) is 0 Å². The Hall–Kier alpha value is -2.62. The van der Waals surface area contributed by atoms with Crippen molar-refractivity contribution in [2.75, 3.05) is 10.0 Å². The van der Waals surface area contributed by atoms with E-state index >= 15 is 0 Å². The van der Waals surface area contributed by atoms with E-state index in [2.05, 4.69) is 4.72 Å². The summed E-state index contributed by atoms with van der Waals surface area (Å²) in [5.74, 6) is -2.95. The van der Waals surface area contributed by atoms with Gasteiger partial charge in [0.05, 0.1) is 10.6 Å². The number of anilines is 2. The van der Waals surface area contributed by atoms with Crippen LogP contribution in [0.15, 0.2) is 47.4 Å². The van der Waals surface area contributed by atoms with Crippen molar-refractivity contribution in [2.45, 2.75) is 18.0 Å². The lowest BCUT2D eigenvalue weighted by Crippen LogP contribution is -2.29. The van der Waals surface area contributed by atoms with Crippen LogP contribution in [0, 0.1) is 12.7 Å². The number of benzene rings is 2. The first-order chi connectivity index (χ1) is 11.5. The molecule has 0 aliphatic heterocycles. The van der Waals surface area contributed by atoms with Crippen molar-refractivity contribution in [3.05, 3.63) is 53.8 Å². The Morgan fingerprint density at radius 2 is 1.64 bits per heavy atom. The number of aryl methyl sites for hydroxylation is 1. The number of hydrogen-bond donors (Lipinski definition) is 2. The van der Waals surface area contributed by atoms with E-state index in [9.17, 15) is 30.8 Å². The van der Waals surface area contributed by atoms with Crippen molar-refractivity contribution in [3.8, 4) is 0 Å². The Bertz CT molecular complexity index is 894. The lowest BCUT2D eigenvalue weighted by atomic mass is 10.2. The zero-order valence-electron chi connectivity index (χ0n) is 12.7. The van der Waals surface area contributed by atoms with Gasteiger partial charge in [0.25, 0.3) is 10.0 Å². The third kappa shape index (κ3) is 4.69. The molecule has 25 heavy (non-hydrogen) atoms. The van der Waals surface area contributed by atoms with Gasteiger partial charge in [-0.3, -0.25) is 9.52 Å². The predicted octanol–water partition coefficient (Wildman–Crippen LogP) is 3.44. The molecule has 0 unspecified atom stereocenters. The zero-order valence-corrected chi connectivity index (χ0v) is 13.5. The van der Waals surface area contributed by atoms with Gasteiger partial charge in [-0.2, -0.15) is 13.2 Å². The van der Waals surface area contributed by atoms with Gasteiger partial charge in [0.1, 0.15) is 5.82 Å². The summed E-state index contributed by atoms with van der Waals surface area (Å²) in [6.45, 7) is 1.65. The molecule has 2 rings (SSSR count). The number of carbonyl (C=O) groups excluding carboxylic acids is 1. The Balaban J connectivity index is 2.20. The van der Waals surface area contributed by atoms with E-state index < -0.39 is 27.9 Å². The van der Waals surface area contributed by atoms with Gasteiger partial charge in [-0.1, -0.05) is 6.07 Å². The fraction of sp³-hybridized carbons (Fsp3) is 0.133. The second-order valence-electron chi connectivity index (χ2n) is 5.07. The monoisotopic (exact) mass is 376 g/mol. The number of rotatable bonds is 4. The van der Waals surface area contributed by atoms with Crippen molar-refractivity contribution in [3.63, 3.8) is 0 Å². The minimum absolute atomic E-state index is 0.233. The molecule has 0 aromatic heterocycles. The second-order valence-corrected chi connectivity index (χ2v) is 6.75. The number of alkyl halides is 3. The predicted molar refractivity (Wildman–Crippen MR) is 83.1 cm³/mol. The molecule has 0 spiro atoms. The third-order valence-corrected chi connectivity index (χ3v) is 4.43. The molecule has 2 aromatic rings. The maximum Gasteiger partial charge on any atom is 0.471 e. The van der Waals surface area contributed by atoms with Crippen molar-refractivity contribution in [2.24, 2.45) is 0 Å². The van der Waals surface area contributed by atoms with Crippen LogP contribution in [0.4, 0.5) is 28.9 Å². The van der Waals surface area contributed by atoms with Crippen LogP contribution in [0.3, 0.4) is 0 Å². The average Bonchev–Trinajstić information content (AvgIpc) is 2.50. The lowest BCUT2D eigenvalue weighted by molar-refractivity contribution is -0.167. The van der Waals surface area contributed by atoms with E-state index in [-0.39, 0.29) is 16.3 Å². The maximum atomic E-state index is 13.7. The highest BCUT2D eigenvalue weighted by molar-refractivity contribution is 7.92. The van der Waals surface area contributed by atoms with Gasteiger partial charge in [0.2, 0.25) is 0 Å². The molecule has 0 bridgehead atoms. The normalized spacial score (nSPS) is 11.9. The molecule has 10 heteroatoms.